The number of para-hydroxylation sites is 4. The van der Waals surface area contributed by atoms with Crippen LogP contribution < -0.4 is 0 Å². The Kier molecular flexibility index (Phi) is 20.0. The molecule has 572 valence electrons. The maximum absolute atomic E-state index is 2.37. The fourth-order valence-corrected chi connectivity index (χ4v) is 19.8. The third-order valence-corrected chi connectivity index (χ3v) is 25.4. The molecule has 4 aliphatic carbocycles. The highest BCUT2D eigenvalue weighted by atomic mass is 15.0. The Morgan fingerprint density at radius 1 is 0.186 bits per heavy atom. The molecule has 0 N–H and O–H groups in total. The van der Waals surface area contributed by atoms with Crippen LogP contribution in [0.15, 0.2) is 413 Å². The Balaban J connectivity index is 0.0000000990. The van der Waals surface area contributed by atoms with E-state index in [1.165, 1.54) is 188 Å². The molecular formula is C116H98N2. The molecule has 0 spiro atoms. The topological polar surface area (TPSA) is 9.86 Å². The minimum atomic E-state index is -0.263. The Morgan fingerprint density at radius 3 is 0.941 bits per heavy atom. The Morgan fingerprint density at radius 2 is 0.458 bits per heavy atom. The number of aromatic nitrogens is 2. The number of hydrogen-bond acceptors (Lipinski definition) is 0. The summed E-state index contributed by atoms with van der Waals surface area (Å²) in [6.07, 6.45) is 0. The van der Waals surface area contributed by atoms with E-state index in [4.69, 9.17) is 0 Å². The van der Waals surface area contributed by atoms with Crippen molar-refractivity contribution in [3.8, 4) is 50.2 Å². The van der Waals surface area contributed by atoms with E-state index in [1.54, 1.807) is 0 Å². The van der Waals surface area contributed by atoms with Crippen LogP contribution >= 0.6 is 0 Å². The van der Waals surface area contributed by atoms with Gasteiger partial charge < -0.3 is 9.13 Å². The summed E-state index contributed by atoms with van der Waals surface area (Å²) in [5.41, 5.74) is 40.4. The second kappa shape index (κ2) is 31.2. The number of aryl methyl sites for hydroxylation is 6. The lowest BCUT2D eigenvalue weighted by atomic mass is 9.67. The van der Waals surface area contributed by atoms with Crippen molar-refractivity contribution >= 4 is 43.6 Å². The second-order valence-corrected chi connectivity index (χ2v) is 33.4. The van der Waals surface area contributed by atoms with Crippen LogP contribution in [0.25, 0.3) is 93.8 Å². The number of fused-ring (bicyclic) bond motifs is 18. The summed E-state index contributed by atoms with van der Waals surface area (Å²) < 4.78 is 4.59. The third-order valence-electron chi connectivity index (χ3n) is 25.4. The minimum Gasteiger partial charge on any atom is -0.344 e. The first kappa shape index (κ1) is 75.7. The molecule has 2 aromatic heterocycles. The van der Waals surface area contributed by atoms with Gasteiger partial charge in [0.1, 0.15) is 0 Å². The lowest BCUT2D eigenvalue weighted by Crippen LogP contribution is -2.28. The molecule has 17 aromatic carbocycles. The van der Waals surface area contributed by atoms with Gasteiger partial charge in [0.25, 0.3) is 0 Å². The van der Waals surface area contributed by atoms with Crippen LogP contribution in [0.5, 0.6) is 0 Å². The first-order valence-electron chi connectivity index (χ1n) is 41.6. The van der Waals surface area contributed by atoms with Gasteiger partial charge in [-0.2, -0.15) is 0 Å². The van der Waals surface area contributed by atoms with Crippen LogP contribution in [0.1, 0.15) is 122 Å². The SMILES string of the molecule is Cc1ccc2c(c1)-c1ccccc1C2(C)C.Cc1ccc2c(c1)-c1ccccc1C2(c1ccccc1)c1ccccc1.Cc1ccc2c(c1)C(C)(C)c1ccccc1-2.Cc1ccc2c(c1)C(c1ccccc1)(c1ccccc1)c1ccccc1-2.Cc1ccc2c3ccccc3n(-c3ccccc3)c2c1.Cn1c2ccccc2c2ccccc21. The highest BCUT2D eigenvalue weighted by molar-refractivity contribution is 6.10. The van der Waals surface area contributed by atoms with Crippen LogP contribution in [0.2, 0.25) is 0 Å². The molecule has 0 atom stereocenters. The normalized spacial score (nSPS) is 13.6. The number of hydrogen-bond donors (Lipinski definition) is 0. The molecule has 0 fully saturated rings. The molecule has 118 heavy (non-hydrogen) atoms. The highest BCUT2D eigenvalue weighted by Gasteiger charge is 2.48. The zero-order chi connectivity index (χ0) is 80.9. The fourth-order valence-electron chi connectivity index (χ4n) is 19.8. The van der Waals surface area contributed by atoms with Gasteiger partial charge in [0, 0.05) is 56.1 Å². The van der Waals surface area contributed by atoms with Crippen LogP contribution in [0.4, 0.5) is 0 Å². The summed E-state index contributed by atoms with van der Waals surface area (Å²) in [5.74, 6) is 0. The maximum atomic E-state index is 2.37. The predicted octanol–water partition coefficient (Wildman–Crippen LogP) is 29.7. The highest BCUT2D eigenvalue weighted by Crippen LogP contribution is 2.59. The van der Waals surface area contributed by atoms with Crippen LogP contribution in [-0.4, -0.2) is 9.13 Å². The number of nitrogens with zero attached hydrogens (tertiary/aromatic N) is 2. The smallest absolute Gasteiger partial charge is 0.0713 e. The molecule has 2 heterocycles. The summed E-state index contributed by atoms with van der Waals surface area (Å²) in [6.45, 7) is 20.1. The van der Waals surface area contributed by atoms with Crippen LogP contribution in [-0.2, 0) is 28.7 Å². The maximum Gasteiger partial charge on any atom is 0.0713 e. The quantitative estimate of drug-likeness (QED) is 0.163. The predicted molar refractivity (Wildman–Crippen MR) is 500 cm³/mol. The van der Waals surface area contributed by atoms with Crippen molar-refractivity contribution < 1.29 is 0 Å². The summed E-state index contributed by atoms with van der Waals surface area (Å²) >= 11 is 0. The first-order chi connectivity index (χ1) is 57.6. The average Bonchev–Trinajstić information content (AvgIpc) is 1.54. The Bertz CT molecular complexity index is 6780. The van der Waals surface area contributed by atoms with E-state index in [9.17, 15) is 0 Å². The number of rotatable bonds is 5. The van der Waals surface area contributed by atoms with Crippen molar-refractivity contribution in [2.45, 2.75) is 84.0 Å². The van der Waals surface area contributed by atoms with Gasteiger partial charge in [0.05, 0.1) is 21.9 Å². The van der Waals surface area contributed by atoms with Crippen molar-refractivity contribution in [3.63, 3.8) is 0 Å². The molecule has 4 aliphatic rings. The molecule has 2 nitrogen and oxygen atoms in total. The van der Waals surface area contributed by atoms with Gasteiger partial charge in [-0.25, -0.2) is 0 Å². The van der Waals surface area contributed by atoms with Crippen molar-refractivity contribution in [1.29, 1.82) is 0 Å². The van der Waals surface area contributed by atoms with Gasteiger partial charge in [-0.05, 0) is 188 Å². The molecule has 0 radical (unpaired) electrons. The summed E-state index contributed by atoms with van der Waals surface area (Å²) in [4.78, 5) is 0. The van der Waals surface area contributed by atoms with Gasteiger partial charge in [0.2, 0.25) is 0 Å². The first-order valence-corrected chi connectivity index (χ1v) is 41.6. The van der Waals surface area contributed by atoms with Crippen LogP contribution in [0.3, 0.4) is 0 Å². The number of benzene rings is 17. The van der Waals surface area contributed by atoms with Gasteiger partial charge in [-0.1, -0.05) is 426 Å². The largest absolute Gasteiger partial charge is 0.344 e. The summed E-state index contributed by atoms with van der Waals surface area (Å²) in [7, 11) is 2.12. The van der Waals surface area contributed by atoms with Gasteiger partial charge in [-0.3, -0.25) is 0 Å². The molecule has 0 saturated heterocycles. The van der Waals surface area contributed by atoms with E-state index in [2.05, 4.69) is 491 Å². The van der Waals surface area contributed by atoms with Gasteiger partial charge in [0.15, 0.2) is 0 Å². The molecule has 0 amide bonds. The van der Waals surface area contributed by atoms with Gasteiger partial charge >= 0.3 is 0 Å². The Labute approximate surface area is 696 Å². The molecule has 23 rings (SSSR count). The second-order valence-electron chi connectivity index (χ2n) is 33.4. The van der Waals surface area contributed by atoms with E-state index >= 15 is 0 Å². The molecule has 0 unspecified atom stereocenters. The van der Waals surface area contributed by atoms with E-state index in [0.717, 1.165) is 0 Å². The van der Waals surface area contributed by atoms with E-state index in [-0.39, 0.29) is 21.7 Å². The fraction of sp³-hybridized carbons (Fsp3) is 0.121. The molecule has 2 heteroatoms. The van der Waals surface area contributed by atoms with Crippen LogP contribution in [0, 0.1) is 34.6 Å². The van der Waals surface area contributed by atoms with E-state index in [0.29, 0.717) is 0 Å². The van der Waals surface area contributed by atoms with E-state index in [1.807, 2.05) is 0 Å². The lowest BCUT2D eigenvalue weighted by Gasteiger charge is -2.34. The molecule has 0 aliphatic heterocycles. The minimum absolute atomic E-state index is 0.151. The van der Waals surface area contributed by atoms with Gasteiger partial charge in [-0.15, -0.1) is 0 Å². The Hall–Kier alpha value is -13.7. The molecule has 19 aromatic rings. The van der Waals surface area contributed by atoms with Crippen molar-refractivity contribution in [3.05, 3.63) is 507 Å². The summed E-state index contributed by atoms with van der Waals surface area (Å²) in [6, 6.07) is 149. The van der Waals surface area contributed by atoms with Crippen molar-refractivity contribution in [2.24, 2.45) is 7.05 Å². The monoisotopic (exact) mass is 1520 g/mol. The molecule has 0 saturated carbocycles. The summed E-state index contributed by atoms with van der Waals surface area (Å²) in [5, 5.41) is 5.30. The van der Waals surface area contributed by atoms with Crippen molar-refractivity contribution in [2.75, 3.05) is 0 Å². The zero-order valence-electron chi connectivity index (χ0n) is 69.2. The standard InChI is InChI=1S/2C26H20.C19H15N.2C16H16.C13H11N/c1-19-16-17-25-23(18-19)22-14-8-9-15-24(22)26(25,20-10-4-2-5-11-20)21-12-6-3-7-13-21;1-19-16-17-23-22-14-8-9-15-24(22)26(25(23)18-19,20-10-4-2-5-11-20)21-12-6-3-7-13-21;1-14-11-12-17-16-9-5-6-10-18(16)20(19(17)13-14)15-7-3-2-4-8-15;1-11-8-9-15-13(10-11)12-6-4-5-7-14(12)16(15,2)3;1-11-8-9-13-12-6-4-5-7-14(12)16(2,3)15(13)10-11;1-14-12-8-4-2-6-10(12)11-7-3-5-9-13(11)14/h2*2-18H,1H3;2-13H,1H3;2*4-10H,1-3H3;2-9H,1H3. The third kappa shape index (κ3) is 13.0. The zero-order valence-corrected chi connectivity index (χ0v) is 69.2. The lowest BCUT2D eigenvalue weighted by molar-refractivity contribution is 0.660. The van der Waals surface area contributed by atoms with Crippen molar-refractivity contribution in [1.82, 2.24) is 9.13 Å². The molecular weight excluding hydrogens is 1420 g/mol. The molecule has 0 bridgehead atoms. The van der Waals surface area contributed by atoms with E-state index < -0.39 is 0 Å². The average molecular weight is 1520 g/mol.